The maximum atomic E-state index is 13.4. The summed E-state index contributed by atoms with van der Waals surface area (Å²) in [5.74, 6) is 0.659. The molecule has 2 aromatic rings. The van der Waals surface area contributed by atoms with Gasteiger partial charge in [0, 0.05) is 39.0 Å². The number of likely N-dealkylation sites (N-methyl/N-ethyl adjacent to an activating group) is 2. The van der Waals surface area contributed by atoms with Gasteiger partial charge in [0.1, 0.15) is 18.1 Å². The van der Waals surface area contributed by atoms with Gasteiger partial charge in [-0.3, -0.25) is 14.5 Å². The largest absolute Gasteiger partial charge is 0.496 e. The van der Waals surface area contributed by atoms with Crippen LogP contribution in [0, 0.1) is 5.92 Å². The predicted octanol–water partition coefficient (Wildman–Crippen LogP) is 3.38. The summed E-state index contributed by atoms with van der Waals surface area (Å²) in [6.07, 6.45) is -0.110. The van der Waals surface area contributed by atoms with Crippen molar-refractivity contribution in [3.05, 3.63) is 53.6 Å². The Labute approximate surface area is 201 Å². The van der Waals surface area contributed by atoms with E-state index in [0.29, 0.717) is 41.5 Å². The second-order valence-corrected chi connectivity index (χ2v) is 8.90. The van der Waals surface area contributed by atoms with Gasteiger partial charge in [0.25, 0.3) is 11.8 Å². The molecule has 8 nitrogen and oxygen atoms in total. The Kier molecular flexibility index (Phi) is 8.52. The number of nitrogens with one attached hydrogen (secondary N) is 1. The number of benzene rings is 2. The third-order valence-corrected chi connectivity index (χ3v) is 6.37. The van der Waals surface area contributed by atoms with E-state index in [1.54, 1.807) is 61.5 Å². The average molecular weight is 470 g/mol. The van der Waals surface area contributed by atoms with Crippen molar-refractivity contribution in [1.82, 2.24) is 9.80 Å². The molecule has 2 aromatic carbocycles. The highest BCUT2D eigenvalue weighted by molar-refractivity contribution is 6.07. The summed E-state index contributed by atoms with van der Waals surface area (Å²) in [6, 6.07) is 12.3. The highest BCUT2D eigenvalue weighted by Gasteiger charge is 2.27. The van der Waals surface area contributed by atoms with Crippen molar-refractivity contribution in [1.29, 1.82) is 0 Å². The number of hydrogen-bond donors (Lipinski definition) is 1. The first-order valence-electron chi connectivity index (χ1n) is 11.4. The molecule has 1 heterocycles. The van der Waals surface area contributed by atoms with E-state index in [4.69, 9.17) is 14.2 Å². The van der Waals surface area contributed by atoms with Crippen LogP contribution in [0.4, 0.5) is 5.69 Å². The number of methoxy groups -OCH3 is 2. The van der Waals surface area contributed by atoms with Crippen molar-refractivity contribution in [2.45, 2.75) is 26.0 Å². The fourth-order valence-corrected chi connectivity index (χ4v) is 4.07. The van der Waals surface area contributed by atoms with Crippen LogP contribution in [0.25, 0.3) is 0 Å². The van der Waals surface area contributed by atoms with Crippen LogP contribution in [0.15, 0.2) is 42.5 Å². The smallest absolute Gasteiger partial charge is 0.259 e. The van der Waals surface area contributed by atoms with Crippen LogP contribution >= 0.6 is 0 Å². The summed E-state index contributed by atoms with van der Waals surface area (Å²) in [5.41, 5.74) is 1.29. The summed E-state index contributed by atoms with van der Waals surface area (Å²) in [7, 11) is 7.02. The molecule has 8 heteroatoms. The molecule has 1 aliphatic rings. The lowest BCUT2D eigenvalue weighted by atomic mass is 10.0. The zero-order valence-corrected chi connectivity index (χ0v) is 20.8. The molecule has 0 spiro atoms. The van der Waals surface area contributed by atoms with Gasteiger partial charge < -0.3 is 24.4 Å². The first kappa shape index (κ1) is 25.5. The van der Waals surface area contributed by atoms with Crippen molar-refractivity contribution in [3.63, 3.8) is 0 Å². The van der Waals surface area contributed by atoms with Gasteiger partial charge in [0.15, 0.2) is 0 Å². The summed E-state index contributed by atoms with van der Waals surface area (Å²) in [5, 5.41) is 2.87. The summed E-state index contributed by atoms with van der Waals surface area (Å²) in [6.45, 7) is 5.91. The minimum absolute atomic E-state index is 0.110. The highest BCUT2D eigenvalue weighted by Crippen LogP contribution is 2.27. The van der Waals surface area contributed by atoms with Crippen LogP contribution in [-0.2, 0) is 4.74 Å². The molecule has 0 radical (unpaired) electrons. The number of rotatable bonds is 4. The van der Waals surface area contributed by atoms with Crippen LogP contribution in [0.3, 0.4) is 0 Å². The lowest BCUT2D eigenvalue weighted by Crippen LogP contribution is -2.45. The Hall–Kier alpha value is -3.10. The standard InChI is InChI=1S/C26H35N3O5/c1-17-14-28(3)18(2)16-34-23-12-11-19(13-21(23)26(31)29(4)15-24(17)33-6)27-25(30)20-9-7-8-10-22(20)32-5/h7-13,17-18,24H,14-16H2,1-6H3,(H,27,30)/t17-,18+,24-/m1/s1. The summed E-state index contributed by atoms with van der Waals surface area (Å²) in [4.78, 5) is 30.2. The third kappa shape index (κ3) is 5.87. The minimum atomic E-state index is -0.323. The van der Waals surface area contributed by atoms with Crippen molar-refractivity contribution in [3.8, 4) is 11.5 Å². The quantitative estimate of drug-likeness (QED) is 0.740. The molecule has 0 saturated heterocycles. The first-order valence-corrected chi connectivity index (χ1v) is 11.4. The van der Waals surface area contributed by atoms with E-state index >= 15 is 0 Å². The maximum absolute atomic E-state index is 13.4. The van der Waals surface area contributed by atoms with E-state index in [2.05, 4.69) is 31.1 Å². The van der Waals surface area contributed by atoms with Gasteiger partial charge in [-0.2, -0.15) is 0 Å². The molecule has 0 aliphatic carbocycles. The number of nitrogens with zero attached hydrogens (tertiary/aromatic N) is 2. The molecule has 0 saturated carbocycles. The van der Waals surface area contributed by atoms with Crippen molar-refractivity contribution in [2.75, 3.05) is 53.3 Å². The number of carbonyl (C=O) groups excluding carboxylic acids is 2. The fourth-order valence-electron chi connectivity index (χ4n) is 4.07. The first-order chi connectivity index (χ1) is 16.2. The van der Waals surface area contributed by atoms with Crippen LogP contribution < -0.4 is 14.8 Å². The number of amides is 2. The molecule has 1 aliphatic heterocycles. The monoisotopic (exact) mass is 469 g/mol. The zero-order valence-electron chi connectivity index (χ0n) is 20.8. The molecule has 3 rings (SSSR count). The Morgan fingerprint density at radius 3 is 2.53 bits per heavy atom. The number of ether oxygens (including phenoxy) is 3. The molecule has 0 bridgehead atoms. The summed E-state index contributed by atoms with van der Waals surface area (Å²) >= 11 is 0. The molecular weight excluding hydrogens is 434 g/mol. The minimum Gasteiger partial charge on any atom is -0.496 e. The van der Waals surface area contributed by atoms with Crippen molar-refractivity contribution < 1.29 is 23.8 Å². The number of carbonyl (C=O) groups is 2. The topological polar surface area (TPSA) is 80.3 Å². The molecule has 0 aromatic heterocycles. The van der Waals surface area contributed by atoms with E-state index in [1.165, 1.54) is 7.11 Å². The SMILES string of the molecule is COc1ccccc1C(=O)Nc1ccc2c(c1)C(=O)N(C)C[C@@H](OC)[C@H](C)CN(C)[C@@H](C)CO2. The van der Waals surface area contributed by atoms with E-state index in [-0.39, 0.29) is 29.9 Å². The molecular formula is C26H35N3O5. The Bertz CT molecular complexity index is 1010. The van der Waals surface area contributed by atoms with Crippen molar-refractivity contribution >= 4 is 17.5 Å². The van der Waals surface area contributed by atoms with E-state index in [9.17, 15) is 9.59 Å². The van der Waals surface area contributed by atoms with Crippen LogP contribution in [0.1, 0.15) is 34.6 Å². The highest BCUT2D eigenvalue weighted by atomic mass is 16.5. The summed E-state index contributed by atoms with van der Waals surface area (Å²) < 4.78 is 17.1. The van der Waals surface area contributed by atoms with Gasteiger partial charge in [0.05, 0.1) is 24.3 Å². The number of hydrogen-bond acceptors (Lipinski definition) is 6. The Morgan fingerprint density at radius 2 is 1.82 bits per heavy atom. The van der Waals surface area contributed by atoms with Gasteiger partial charge in [0.2, 0.25) is 0 Å². The molecule has 34 heavy (non-hydrogen) atoms. The van der Waals surface area contributed by atoms with Gasteiger partial charge in [-0.25, -0.2) is 0 Å². The van der Waals surface area contributed by atoms with E-state index < -0.39 is 0 Å². The molecule has 1 N–H and O–H groups in total. The van der Waals surface area contributed by atoms with E-state index in [0.717, 1.165) is 6.54 Å². The Balaban J connectivity index is 1.92. The Morgan fingerprint density at radius 1 is 1.09 bits per heavy atom. The van der Waals surface area contributed by atoms with E-state index in [1.807, 2.05) is 0 Å². The number of anilines is 1. The fraction of sp³-hybridized carbons (Fsp3) is 0.462. The van der Waals surface area contributed by atoms with Crippen LogP contribution in [0.5, 0.6) is 11.5 Å². The van der Waals surface area contributed by atoms with Gasteiger partial charge >= 0.3 is 0 Å². The van der Waals surface area contributed by atoms with Gasteiger partial charge in [-0.15, -0.1) is 0 Å². The van der Waals surface area contributed by atoms with Crippen LogP contribution in [-0.4, -0.2) is 81.8 Å². The number of para-hydroxylation sites is 1. The second kappa shape index (κ2) is 11.4. The maximum Gasteiger partial charge on any atom is 0.259 e. The molecule has 2 amide bonds. The molecule has 0 fully saturated rings. The molecule has 0 unspecified atom stereocenters. The van der Waals surface area contributed by atoms with Crippen LogP contribution in [0.2, 0.25) is 0 Å². The molecule has 3 atom stereocenters. The van der Waals surface area contributed by atoms with Crippen molar-refractivity contribution in [2.24, 2.45) is 5.92 Å². The number of fused-ring (bicyclic) bond motifs is 1. The van der Waals surface area contributed by atoms with Gasteiger partial charge in [-0.1, -0.05) is 19.1 Å². The zero-order chi connectivity index (χ0) is 24.8. The third-order valence-electron chi connectivity index (χ3n) is 6.37. The normalized spacial score (nSPS) is 22.1. The van der Waals surface area contributed by atoms with Gasteiger partial charge in [-0.05, 0) is 50.2 Å². The second-order valence-electron chi connectivity index (χ2n) is 8.90. The lowest BCUT2D eigenvalue weighted by molar-refractivity contribution is 0.0150. The molecule has 184 valence electrons. The predicted molar refractivity (Wildman–Crippen MR) is 132 cm³/mol. The average Bonchev–Trinajstić information content (AvgIpc) is 2.84. The lowest BCUT2D eigenvalue weighted by Gasteiger charge is -2.34.